The molecular formula is C14H21LiOP. The molecule has 1 aromatic rings. The second-order valence-electron chi connectivity index (χ2n) is 4.88. The molecule has 17 heavy (non-hydrogen) atoms. The Morgan fingerprint density at radius 2 is 1.65 bits per heavy atom. The Labute approximate surface area is 119 Å². The van der Waals surface area contributed by atoms with Gasteiger partial charge in [0.05, 0.1) is 0 Å². The minimum Gasteiger partial charge on any atom is -0.289 e. The average molecular weight is 243 g/mol. The monoisotopic (exact) mass is 243 g/mol. The van der Waals surface area contributed by atoms with Crippen molar-refractivity contribution in [3.8, 4) is 0 Å². The van der Waals surface area contributed by atoms with E-state index in [0.717, 1.165) is 22.9 Å². The number of hydrogen-bond donors (Lipinski definition) is 0. The van der Waals surface area contributed by atoms with Gasteiger partial charge in [-0.25, -0.2) is 0 Å². The smallest absolute Gasteiger partial charge is 0.181 e. The molecule has 0 saturated carbocycles. The molecule has 0 heterocycles. The molecule has 0 spiro atoms. The molecule has 0 aliphatic heterocycles. The van der Waals surface area contributed by atoms with Crippen LogP contribution in [0.5, 0.6) is 0 Å². The van der Waals surface area contributed by atoms with E-state index in [1.807, 2.05) is 13.8 Å². The maximum absolute atomic E-state index is 12.1. The normalized spacial score (nSPS) is 10.9. The van der Waals surface area contributed by atoms with Crippen molar-refractivity contribution in [2.45, 2.75) is 34.6 Å². The van der Waals surface area contributed by atoms with E-state index in [9.17, 15) is 4.79 Å². The van der Waals surface area contributed by atoms with Gasteiger partial charge in [-0.2, -0.15) is 0 Å². The van der Waals surface area contributed by atoms with Crippen LogP contribution in [0.4, 0.5) is 0 Å². The predicted molar refractivity (Wildman–Crippen MR) is 78.8 cm³/mol. The fourth-order valence-electron chi connectivity index (χ4n) is 1.92. The molecular weight excluding hydrogens is 222 g/mol. The van der Waals surface area contributed by atoms with E-state index in [-0.39, 0.29) is 18.9 Å². The second kappa shape index (κ2) is 7.37. The zero-order chi connectivity index (χ0) is 12.3. The van der Waals surface area contributed by atoms with Crippen LogP contribution >= 0.6 is 8.58 Å². The number of hydrogen-bond acceptors (Lipinski definition) is 1. The number of carbonyl (C=O) groups excluding carboxylic acids is 1. The molecule has 1 nitrogen and oxygen atoms in total. The molecule has 0 aliphatic rings. The van der Waals surface area contributed by atoms with Crippen molar-refractivity contribution < 1.29 is 4.79 Å². The Morgan fingerprint density at radius 1 is 1.18 bits per heavy atom. The average Bonchev–Trinajstić information content (AvgIpc) is 2.12. The molecule has 1 rings (SSSR count). The summed E-state index contributed by atoms with van der Waals surface area (Å²) < 4.78 is 0. The van der Waals surface area contributed by atoms with Crippen LogP contribution in [0.15, 0.2) is 12.1 Å². The van der Waals surface area contributed by atoms with Crippen LogP contribution in [-0.2, 0) is 0 Å². The minimum atomic E-state index is 0. The Balaban J connectivity index is 0.00000256. The zero-order valence-electron chi connectivity index (χ0n) is 11.8. The fraction of sp³-hybridized carbons (Fsp3) is 0.500. The van der Waals surface area contributed by atoms with Crippen LogP contribution in [0.25, 0.3) is 0 Å². The predicted octanol–water partition coefficient (Wildman–Crippen LogP) is 3.71. The van der Waals surface area contributed by atoms with E-state index in [1.54, 1.807) is 0 Å². The van der Waals surface area contributed by atoms with Crippen LogP contribution in [0, 0.1) is 26.7 Å². The number of rotatable bonds is 4. The van der Waals surface area contributed by atoms with Crippen LogP contribution < -0.4 is 0 Å². The molecule has 0 fully saturated rings. The molecule has 1 atom stereocenters. The molecule has 0 bridgehead atoms. The van der Waals surface area contributed by atoms with Gasteiger partial charge in [0.1, 0.15) is 0 Å². The van der Waals surface area contributed by atoms with E-state index in [4.69, 9.17) is 0 Å². The van der Waals surface area contributed by atoms with E-state index < -0.39 is 0 Å². The Bertz CT molecular complexity index is 376. The van der Waals surface area contributed by atoms with Gasteiger partial charge < -0.3 is 0 Å². The van der Waals surface area contributed by atoms with Gasteiger partial charge in [0.15, 0.2) is 5.52 Å². The number of carbonyl (C=O) groups is 1. The van der Waals surface area contributed by atoms with Gasteiger partial charge in [-0.1, -0.05) is 31.5 Å². The summed E-state index contributed by atoms with van der Waals surface area (Å²) in [6.45, 7) is 10.5. The van der Waals surface area contributed by atoms with E-state index in [1.165, 1.54) is 5.56 Å². The van der Waals surface area contributed by atoms with Crippen LogP contribution in [0.3, 0.4) is 0 Å². The van der Waals surface area contributed by atoms with Crippen molar-refractivity contribution >= 4 is 33.0 Å². The van der Waals surface area contributed by atoms with E-state index in [0.29, 0.717) is 20.0 Å². The maximum Gasteiger partial charge on any atom is 0.181 e. The standard InChI is InChI=1S/C14H21OP.Li/c1-9(2)8-16-14(15)13-11(4)6-10(3)7-12(13)5;/h6-7,9,16H,8H2,1-5H3;. The Morgan fingerprint density at radius 3 is 2.06 bits per heavy atom. The molecule has 0 aliphatic carbocycles. The molecule has 3 heteroatoms. The van der Waals surface area contributed by atoms with Crippen molar-refractivity contribution in [1.29, 1.82) is 0 Å². The number of benzene rings is 1. The van der Waals surface area contributed by atoms with Gasteiger partial charge in [-0.15, -0.1) is 0 Å². The van der Waals surface area contributed by atoms with Crippen LogP contribution in [0.2, 0.25) is 0 Å². The van der Waals surface area contributed by atoms with Crippen LogP contribution in [-0.4, -0.2) is 30.5 Å². The summed E-state index contributed by atoms with van der Waals surface area (Å²) in [7, 11) is 0.414. The summed E-state index contributed by atoms with van der Waals surface area (Å²) >= 11 is 0. The molecule has 0 aromatic heterocycles. The fourth-order valence-corrected chi connectivity index (χ4v) is 3.09. The first kappa shape index (κ1) is 16.9. The first-order valence-corrected chi connectivity index (χ1v) is 6.98. The maximum atomic E-state index is 12.1. The third-order valence-electron chi connectivity index (χ3n) is 2.57. The molecule has 1 radical (unpaired) electrons. The summed E-state index contributed by atoms with van der Waals surface area (Å²) in [5, 5.41) is 0. The van der Waals surface area contributed by atoms with Gasteiger partial charge in [0.2, 0.25) is 0 Å². The topological polar surface area (TPSA) is 17.1 Å². The molecule has 1 unspecified atom stereocenters. The van der Waals surface area contributed by atoms with Crippen molar-refractivity contribution in [3.63, 3.8) is 0 Å². The number of aryl methyl sites for hydroxylation is 3. The molecule has 89 valence electrons. The quantitative estimate of drug-likeness (QED) is 0.582. The summed E-state index contributed by atoms with van der Waals surface area (Å²) in [4.78, 5) is 12.1. The summed E-state index contributed by atoms with van der Waals surface area (Å²) in [6.07, 6.45) is 1.01. The second-order valence-corrected chi connectivity index (χ2v) is 6.09. The molecule has 1 aromatic carbocycles. The van der Waals surface area contributed by atoms with Crippen molar-refractivity contribution in [2.24, 2.45) is 5.92 Å². The zero-order valence-corrected chi connectivity index (χ0v) is 12.8. The van der Waals surface area contributed by atoms with Crippen LogP contribution in [0.1, 0.15) is 40.9 Å². The summed E-state index contributed by atoms with van der Waals surface area (Å²) in [5.74, 6) is 0.605. The van der Waals surface area contributed by atoms with Crippen molar-refractivity contribution in [2.75, 3.05) is 6.16 Å². The third kappa shape index (κ3) is 4.97. The van der Waals surface area contributed by atoms with Gasteiger partial charge in [-0.05, 0) is 52.6 Å². The van der Waals surface area contributed by atoms with Gasteiger partial charge in [-0.3, -0.25) is 4.79 Å². The van der Waals surface area contributed by atoms with Crippen molar-refractivity contribution in [1.82, 2.24) is 0 Å². The minimum absolute atomic E-state index is 0. The van der Waals surface area contributed by atoms with Crippen molar-refractivity contribution in [3.05, 3.63) is 34.4 Å². The first-order valence-electron chi connectivity index (χ1n) is 5.78. The molecule has 0 N–H and O–H groups in total. The molecule has 0 saturated heterocycles. The summed E-state index contributed by atoms with van der Waals surface area (Å²) in [5.41, 5.74) is 4.75. The molecule has 0 amide bonds. The summed E-state index contributed by atoms with van der Waals surface area (Å²) in [6, 6.07) is 4.19. The largest absolute Gasteiger partial charge is 0.289 e. The van der Waals surface area contributed by atoms with Gasteiger partial charge in [0, 0.05) is 24.4 Å². The van der Waals surface area contributed by atoms with E-state index >= 15 is 0 Å². The van der Waals surface area contributed by atoms with Gasteiger partial charge in [0.25, 0.3) is 0 Å². The van der Waals surface area contributed by atoms with E-state index in [2.05, 4.69) is 32.9 Å². The third-order valence-corrected chi connectivity index (χ3v) is 4.17. The Kier molecular flexibility index (Phi) is 7.34. The van der Waals surface area contributed by atoms with Gasteiger partial charge >= 0.3 is 0 Å². The Hall–Kier alpha value is -0.0826. The SMILES string of the molecule is Cc1cc(C)c(C(=O)PCC(C)C)c(C)c1.[Li]. The first-order chi connectivity index (χ1) is 7.41.